The quantitative estimate of drug-likeness (QED) is 0.832. The summed E-state index contributed by atoms with van der Waals surface area (Å²) in [6.45, 7) is 6.13. The zero-order valence-corrected chi connectivity index (χ0v) is 10.7. The Balaban J connectivity index is 3.14. The van der Waals surface area contributed by atoms with Gasteiger partial charge in [-0.25, -0.2) is 0 Å². The SMILES string of the molecule is CNC(C)c1c(OC)cccc1OC(C)C. The van der Waals surface area contributed by atoms with Gasteiger partial charge in [0.15, 0.2) is 0 Å². The summed E-state index contributed by atoms with van der Waals surface area (Å²) in [5.41, 5.74) is 1.07. The van der Waals surface area contributed by atoms with E-state index in [0.717, 1.165) is 17.1 Å². The van der Waals surface area contributed by atoms with Gasteiger partial charge in [-0.3, -0.25) is 0 Å². The fourth-order valence-electron chi connectivity index (χ4n) is 1.63. The molecule has 0 aliphatic rings. The molecule has 0 aliphatic carbocycles. The number of hydrogen-bond acceptors (Lipinski definition) is 3. The molecule has 0 heterocycles. The lowest BCUT2D eigenvalue weighted by atomic mass is 10.1. The van der Waals surface area contributed by atoms with Gasteiger partial charge in [-0.05, 0) is 40.0 Å². The first-order chi connectivity index (χ1) is 7.60. The van der Waals surface area contributed by atoms with Gasteiger partial charge >= 0.3 is 0 Å². The number of rotatable bonds is 5. The van der Waals surface area contributed by atoms with Crippen molar-refractivity contribution >= 4 is 0 Å². The number of nitrogens with one attached hydrogen (secondary N) is 1. The highest BCUT2D eigenvalue weighted by Crippen LogP contribution is 2.34. The van der Waals surface area contributed by atoms with Crippen LogP contribution in [0.5, 0.6) is 11.5 Å². The molecule has 1 N–H and O–H groups in total. The molecule has 0 saturated carbocycles. The average Bonchev–Trinajstić information content (AvgIpc) is 2.27. The number of ether oxygens (including phenoxy) is 2. The standard InChI is InChI=1S/C13H21NO2/c1-9(2)16-12-8-6-7-11(15-5)13(12)10(3)14-4/h6-10,14H,1-5H3. The molecule has 1 rings (SSSR count). The summed E-state index contributed by atoms with van der Waals surface area (Å²) in [7, 11) is 3.61. The summed E-state index contributed by atoms with van der Waals surface area (Å²) in [5.74, 6) is 1.75. The van der Waals surface area contributed by atoms with Crippen LogP contribution in [0, 0.1) is 0 Å². The molecule has 1 atom stereocenters. The van der Waals surface area contributed by atoms with Crippen LogP contribution < -0.4 is 14.8 Å². The number of methoxy groups -OCH3 is 1. The number of benzene rings is 1. The smallest absolute Gasteiger partial charge is 0.128 e. The van der Waals surface area contributed by atoms with E-state index in [9.17, 15) is 0 Å². The molecule has 0 amide bonds. The summed E-state index contributed by atoms with van der Waals surface area (Å²) in [5, 5.41) is 3.21. The zero-order valence-electron chi connectivity index (χ0n) is 10.7. The highest BCUT2D eigenvalue weighted by Gasteiger charge is 2.16. The molecule has 3 heteroatoms. The van der Waals surface area contributed by atoms with Crippen molar-refractivity contribution in [1.29, 1.82) is 0 Å². The van der Waals surface area contributed by atoms with Crippen molar-refractivity contribution in [3.05, 3.63) is 23.8 Å². The Labute approximate surface area is 97.8 Å². The van der Waals surface area contributed by atoms with E-state index in [2.05, 4.69) is 12.2 Å². The van der Waals surface area contributed by atoms with E-state index in [0.29, 0.717) is 0 Å². The van der Waals surface area contributed by atoms with Crippen LogP contribution in [0.2, 0.25) is 0 Å². The van der Waals surface area contributed by atoms with Gasteiger partial charge < -0.3 is 14.8 Å². The Hall–Kier alpha value is -1.22. The lowest BCUT2D eigenvalue weighted by Gasteiger charge is -2.20. The third-order valence-corrected chi connectivity index (χ3v) is 2.47. The molecule has 1 unspecified atom stereocenters. The normalized spacial score (nSPS) is 12.6. The third-order valence-electron chi connectivity index (χ3n) is 2.47. The summed E-state index contributed by atoms with van der Waals surface area (Å²) in [6.07, 6.45) is 0.162. The van der Waals surface area contributed by atoms with Crippen molar-refractivity contribution < 1.29 is 9.47 Å². The minimum Gasteiger partial charge on any atom is -0.496 e. The Kier molecular flexibility index (Phi) is 4.62. The fraction of sp³-hybridized carbons (Fsp3) is 0.538. The third kappa shape index (κ3) is 2.89. The van der Waals surface area contributed by atoms with Crippen molar-refractivity contribution in [2.24, 2.45) is 0 Å². The predicted molar refractivity (Wildman–Crippen MR) is 66.2 cm³/mol. The first-order valence-corrected chi connectivity index (χ1v) is 5.61. The molecule has 0 radical (unpaired) electrons. The molecule has 0 bridgehead atoms. The molecular formula is C13H21NO2. The fourth-order valence-corrected chi connectivity index (χ4v) is 1.63. The molecule has 0 spiro atoms. The van der Waals surface area contributed by atoms with Gasteiger partial charge in [-0.2, -0.15) is 0 Å². The first-order valence-electron chi connectivity index (χ1n) is 5.61. The van der Waals surface area contributed by atoms with Crippen molar-refractivity contribution in [3.63, 3.8) is 0 Å². The van der Waals surface area contributed by atoms with Gasteiger partial charge in [-0.1, -0.05) is 6.07 Å². The van der Waals surface area contributed by atoms with Crippen LogP contribution in [-0.4, -0.2) is 20.3 Å². The second-order valence-corrected chi connectivity index (χ2v) is 4.05. The van der Waals surface area contributed by atoms with Crippen LogP contribution in [0.4, 0.5) is 0 Å². The lowest BCUT2D eigenvalue weighted by Crippen LogP contribution is -2.16. The van der Waals surface area contributed by atoms with Crippen molar-refractivity contribution in [1.82, 2.24) is 5.32 Å². The highest BCUT2D eigenvalue weighted by molar-refractivity contribution is 5.46. The van der Waals surface area contributed by atoms with E-state index in [-0.39, 0.29) is 12.1 Å². The van der Waals surface area contributed by atoms with Crippen LogP contribution in [-0.2, 0) is 0 Å². The van der Waals surface area contributed by atoms with Crippen LogP contribution in [0.25, 0.3) is 0 Å². The predicted octanol–water partition coefficient (Wildman–Crippen LogP) is 2.76. The molecule has 3 nitrogen and oxygen atoms in total. The molecule has 0 saturated heterocycles. The maximum absolute atomic E-state index is 5.79. The molecule has 16 heavy (non-hydrogen) atoms. The molecule has 90 valence electrons. The Morgan fingerprint density at radius 3 is 2.25 bits per heavy atom. The Morgan fingerprint density at radius 2 is 1.75 bits per heavy atom. The first kappa shape index (κ1) is 12.8. The van der Waals surface area contributed by atoms with E-state index in [1.54, 1.807) is 7.11 Å². The molecule has 0 fully saturated rings. The summed E-state index contributed by atoms with van der Waals surface area (Å²) >= 11 is 0. The molecule has 0 aliphatic heterocycles. The van der Waals surface area contributed by atoms with Crippen LogP contribution >= 0.6 is 0 Å². The van der Waals surface area contributed by atoms with E-state index in [1.165, 1.54) is 0 Å². The lowest BCUT2D eigenvalue weighted by molar-refractivity contribution is 0.236. The minimum atomic E-state index is 0.162. The van der Waals surface area contributed by atoms with Crippen molar-refractivity contribution in [2.75, 3.05) is 14.2 Å². The van der Waals surface area contributed by atoms with Crippen molar-refractivity contribution in [3.8, 4) is 11.5 Å². The van der Waals surface area contributed by atoms with Gasteiger partial charge in [0.1, 0.15) is 11.5 Å². The van der Waals surface area contributed by atoms with Gasteiger partial charge in [0.25, 0.3) is 0 Å². The van der Waals surface area contributed by atoms with E-state index < -0.39 is 0 Å². The zero-order chi connectivity index (χ0) is 12.1. The minimum absolute atomic E-state index is 0.162. The second-order valence-electron chi connectivity index (χ2n) is 4.05. The van der Waals surface area contributed by atoms with Gasteiger partial charge in [0, 0.05) is 6.04 Å². The van der Waals surface area contributed by atoms with Crippen LogP contribution in [0.15, 0.2) is 18.2 Å². The molecule has 1 aromatic rings. The maximum atomic E-state index is 5.79. The molecular weight excluding hydrogens is 202 g/mol. The van der Waals surface area contributed by atoms with Gasteiger partial charge in [0.05, 0.1) is 18.8 Å². The largest absolute Gasteiger partial charge is 0.496 e. The summed E-state index contributed by atoms with van der Waals surface area (Å²) in [4.78, 5) is 0. The van der Waals surface area contributed by atoms with E-state index >= 15 is 0 Å². The maximum Gasteiger partial charge on any atom is 0.128 e. The second kappa shape index (κ2) is 5.75. The van der Waals surface area contributed by atoms with E-state index in [4.69, 9.17) is 9.47 Å². The highest BCUT2D eigenvalue weighted by atomic mass is 16.5. The molecule has 0 aromatic heterocycles. The van der Waals surface area contributed by atoms with Crippen LogP contribution in [0.3, 0.4) is 0 Å². The topological polar surface area (TPSA) is 30.5 Å². The average molecular weight is 223 g/mol. The Morgan fingerprint density at radius 1 is 1.12 bits per heavy atom. The van der Waals surface area contributed by atoms with Crippen molar-refractivity contribution in [2.45, 2.75) is 32.9 Å². The number of hydrogen-bond donors (Lipinski definition) is 1. The summed E-state index contributed by atoms with van der Waals surface area (Å²) in [6, 6.07) is 6.08. The summed E-state index contributed by atoms with van der Waals surface area (Å²) < 4.78 is 11.2. The van der Waals surface area contributed by atoms with Crippen LogP contribution in [0.1, 0.15) is 32.4 Å². The molecule has 1 aromatic carbocycles. The van der Waals surface area contributed by atoms with E-state index in [1.807, 2.05) is 39.1 Å². The Bertz CT molecular complexity index is 337. The van der Waals surface area contributed by atoms with Gasteiger partial charge in [-0.15, -0.1) is 0 Å². The monoisotopic (exact) mass is 223 g/mol. The van der Waals surface area contributed by atoms with Gasteiger partial charge in [0.2, 0.25) is 0 Å².